The molecule has 1 unspecified atom stereocenters. The molecular formula is C20H21FN4O3. The molecule has 1 aliphatic heterocycles. The fourth-order valence-corrected chi connectivity index (χ4v) is 3.43. The second kappa shape index (κ2) is 7.46. The molecule has 0 spiro atoms. The highest BCUT2D eigenvalue weighted by Gasteiger charge is 2.22. The first-order valence-corrected chi connectivity index (χ1v) is 9.06. The maximum atomic E-state index is 13.4. The van der Waals surface area contributed by atoms with Crippen LogP contribution in [0.4, 0.5) is 10.2 Å². The van der Waals surface area contributed by atoms with Crippen molar-refractivity contribution in [3.05, 3.63) is 52.2 Å². The lowest BCUT2D eigenvalue weighted by atomic mass is 10.1. The van der Waals surface area contributed by atoms with Crippen LogP contribution in [-0.2, 0) is 6.42 Å². The predicted molar refractivity (Wildman–Crippen MR) is 104 cm³/mol. The van der Waals surface area contributed by atoms with Crippen molar-refractivity contribution in [1.82, 2.24) is 15.0 Å². The Bertz CT molecular complexity index is 1050. The van der Waals surface area contributed by atoms with Gasteiger partial charge in [0.1, 0.15) is 17.8 Å². The molecule has 2 aromatic heterocycles. The van der Waals surface area contributed by atoms with Crippen molar-refractivity contribution in [2.45, 2.75) is 19.0 Å². The van der Waals surface area contributed by atoms with Gasteiger partial charge in [-0.1, -0.05) is 6.07 Å². The smallest absolute Gasteiger partial charge is 0.258 e. The summed E-state index contributed by atoms with van der Waals surface area (Å²) in [6.07, 6.45) is 1.92. The molecule has 4 rings (SSSR count). The molecule has 3 heterocycles. The predicted octanol–water partition coefficient (Wildman–Crippen LogP) is 2.47. The van der Waals surface area contributed by atoms with E-state index in [2.05, 4.69) is 15.0 Å². The zero-order valence-corrected chi connectivity index (χ0v) is 15.7. The first-order valence-electron chi connectivity index (χ1n) is 9.06. The molecule has 0 bridgehead atoms. The van der Waals surface area contributed by atoms with Crippen molar-refractivity contribution >= 4 is 16.7 Å². The van der Waals surface area contributed by atoms with Crippen LogP contribution < -0.4 is 19.9 Å². The number of benzene rings is 1. The number of methoxy groups -OCH3 is 2. The Balaban J connectivity index is 1.60. The van der Waals surface area contributed by atoms with Gasteiger partial charge < -0.3 is 19.4 Å². The molecule has 1 N–H and O–H groups in total. The van der Waals surface area contributed by atoms with E-state index in [-0.39, 0.29) is 5.56 Å². The number of pyridine rings is 1. The van der Waals surface area contributed by atoms with Gasteiger partial charge in [0.15, 0.2) is 11.5 Å². The molecule has 3 aromatic rings. The van der Waals surface area contributed by atoms with E-state index in [0.717, 1.165) is 11.4 Å². The zero-order valence-electron chi connectivity index (χ0n) is 15.7. The van der Waals surface area contributed by atoms with Crippen LogP contribution in [0.3, 0.4) is 0 Å². The van der Waals surface area contributed by atoms with Gasteiger partial charge in [-0.05, 0) is 24.1 Å². The Kier molecular flexibility index (Phi) is 4.85. The van der Waals surface area contributed by atoms with E-state index in [4.69, 9.17) is 9.47 Å². The Hall–Kier alpha value is -3.16. The molecule has 1 fully saturated rings. The van der Waals surface area contributed by atoms with E-state index in [9.17, 15) is 9.18 Å². The second-order valence-electron chi connectivity index (χ2n) is 6.77. The quantitative estimate of drug-likeness (QED) is 0.728. The van der Waals surface area contributed by atoms with Crippen LogP contribution >= 0.6 is 0 Å². The summed E-state index contributed by atoms with van der Waals surface area (Å²) in [6.45, 7) is 1.07. The number of hydrogen-bond acceptors (Lipinski definition) is 6. The highest BCUT2D eigenvalue weighted by Crippen LogP contribution is 2.30. The molecule has 8 heteroatoms. The number of fused-ring (bicyclic) bond motifs is 1. The highest BCUT2D eigenvalue weighted by atomic mass is 19.1. The van der Waals surface area contributed by atoms with Crippen LogP contribution in [-0.4, -0.2) is 48.4 Å². The van der Waals surface area contributed by atoms with Crippen LogP contribution in [0.5, 0.6) is 11.5 Å². The summed E-state index contributed by atoms with van der Waals surface area (Å²) in [7, 11) is 3.06. The van der Waals surface area contributed by atoms with Crippen molar-refractivity contribution < 1.29 is 13.9 Å². The molecule has 1 saturated heterocycles. The minimum Gasteiger partial charge on any atom is -0.493 e. The normalized spacial score (nSPS) is 16.5. The molecule has 0 amide bonds. The number of alkyl halides is 1. The van der Waals surface area contributed by atoms with E-state index < -0.39 is 6.17 Å². The number of halogens is 1. The van der Waals surface area contributed by atoms with Crippen LogP contribution in [0.2, 0.25) is 0 Å². The summed E-state index contributed by atoms with van der Waals surface area (Å²) in [5.74, 6) is 2.29. The summed E-state index contributed by atoms with van der Waals surface area (Å²) >= 11 is 0. The van der Waals surface area contributed by atoms with Crippen molar-refractivity contribution in [1.29, 1.82) is 0 Å². The van der Waals surface area contributed by atoms with Crippen LogP contribution in [0, 0.1) is 0 Å². The summed E-state index contributed by atoms with van der Waals surface area (Å²) in [5.41, 5.74) is 1.20. The van der Waals surface area contributed by atoms with E-state index >= 15 is 0 Å². The van der Waals surface area contributed by atoms with E-state index in [1.807, 2.05) is 17.0 Å². The molecule has 0 saturated carbocycles. The van der Waals surface area contributed by atoms with E-state index in [1.165, 1.54) is 14.2 Å². The Morgan fingerprint density at radius 3 is 2.68 bits per heavy atom. The van der Waals surface area contributed by atoms with Gasteiger partial charge in [0.05, 0.1) is 31.7 Å². The first kappa shape index (κ1) is 18.2. The number of aromatic amines is 1. The molecule has 146 valence electrons. The number of anilines is 1. The number of rotatable bonds is 5. The van der Waals surface area contributed by atoms with Gasteiger partial charge in [-0.25, -0.2) is 14.4 Å². The van der Waals surface area contributed by atoms with Gasteiger partial charge in [-0.15, -0.1) is 0 Å². The van der Waals surface area contributed by atoms with Gasteiger partial charge in [0.2, 0.25) is 0 Å². The Morgan fingerprint density at radius 2 is 2.04 bits per heavy atom. The molecule has 0 aliphatic carbocycles. The number of ether oxygens (including phenoxy) is 2. The van der Waals surface area contributed by atoms with Gasteiger partial charge in [0, 0.05) is 25.2 Å². The summed E-state index contributed by atoms with van der Waals surface area (Å²) < 4.78 is 23.9. The van der Waals surface area contributed by atoms with Crippen LogP contribution in [0.15, 0.2) is 35.3 Å². The number of nitrogens with zero attached hydrogens (tertiary/aromatic N) is 3. The second-order valence-corrected chi connectivity index (χ2v) is 6.77. The molecule has 1 aromatic carbocycles. The summed E-state index contributed by atoms with van der Waals surface area (Å²) in [4.78, 5) is 26.2. The lowest BCUT2D eigenvalue weighted by Crippen LogP contribution is -2.21. The monoisotopic (exact) mass is 384 g/mol. The highest BCUT2D eigenvalue weighted by molar-refractivity contribution is 5.81. The van der Waals surface area contributed by atoms with Crippen LogP contribution in [0.1, 0.15) is 17.8 Å². The van der Waals surface area contributed by atoms with Crippen molar-refractivity contribution in [2.75, 3.05) is 32.2 Å². The van der Waals surface area contributed by atoms with Crippen LogP contribution in [0.25, 0.3) is 10.9 Å². The Morgan fingerprint density at radius 1 is 1.25 bits per heavy atom. The van der Waals surface area contributed by atoms with Gasteiger partial charge >= 0.3 is 0 Å². The van der Waals surface area contributed by atoms with Gasteiger partial charge in [-0.3, -0.25) is 4.79 Å². The minimum atomic E-state index is -0.788. The van der Waals surface area contributed by atoms with E-state index in [1.54, 1.807) is 18.3 Å². The Labute approximate surface area is 161 Å². The molecule has 1 aliphatic rings. The fraction of sp³-hybridized carbons (Fsp3) is 0.350. The van der Waals surface area contributed by atoms with Crippen molar-refractivity contribution in [3.63, 3.8) is 0 Å². The number of hydrogen-bond donors (Lipinski definition) is 1. The maximum Gasteiger partial charge on any atom is 0.258 e. The zero-order chi connectivity index (χ0) is 19.7. The number of aromatic nitrogens is 3. The van der Waals surface area contributed by atoms with Gasteiger partial charge in [-0.2, -0.15) is 0 Å². The number of nitrogens with one attached hydrogen (secondary N) is 1. The summed E-state index contributed by atoms with van der Waals surface area (Å²) in [5, 5.41) is 0.435. The SMILES string of the molecule is COc1cc2nc(Cc3ccc(N4CCC(F)C4)nc3)[nH]c(=O)c2cc1OC. The molecule has 7 nitrogen and oxygen atoms in total. The first-order chi connectivity index (χ1) is 13.6. The third-order valence-electron chi connectivity index (χ3n) is 4.90. The topological polar surface area (TPSA) is 80.3 Å². The average molecular weight is 384 g/mol. The molecule has 0 radical (unpaired) electrons. The fourth-order valence-electron chi connectivity index (χ4n) is 3.43. The lowest BCUT2D eigenvalue weighted by molar-refractivity contribution is 0.355. The minimum absolute atomic E-state index is 0.239. The lowest BCUT2D eigenvalue weighted by Gasteiger charge is -2.16. The average Bonchev–Trinajstić information content (AvgIpc) is 3.14. The third-order valence-corrected chi connectivity index (χ3v) is 4.90. The standard InChI is InChI=1S/C20H21FN4O3/c1-27-16-8-14-15(9-17(16)28-2)23-18(24-20(14)26)7-12-3-4-19(22-10-12)25-6-5-13(21)11-25/h3-4,8-10,13H,5-7,11H2,1-2H3,(H,23,24,26). The van der Waals surface area contributed by atoms with Crippen molar-refractivity contribution in [2.24, 2.45) is 0 Å². The third kappa shape index (κ3) is 3.49. The molecule has 1 atom stereocenters. The molecular weight excluding hydrogens is 363 g/mol. The van der Waals surface area contributed by atoms with E-state index in [0.29, 0.717) is 54.2 Å². The number of H-pyrrole nitrogens is 1. The largest absolute Gasteiger partial charge is 0.493 e. The maximum absolute atomic E-state index is 13.4. The van der Waals surface area contributed by atoms with Crippen molar-refractivity contribution in [3.8, 4) is 11.5 Å². The van der Waals surface area contributed by atoms with Gasteiger partial charge in [0.25, 0.3) is 5.56 Å². The summed E-state index contributed by atoms with van der Waals surface area (Å²) in [6, 6.07) is 7.11. The molecule has 28 heavy (non-hydrogen) atoms.